The molecule has 0 atom stereocenters. The summed E-state index contributed by atoms with van der Waals surface area (Å²) in [4.78, 5) is 23.3. The molecule has 6 nitrogen and oxygen atoms in total. The van der Waals surface area contributed by atoms with E-state index in [9.17, 15) is 4.79 Å². The zero-order chi connectivity index (χ0) is 18.6. The molecule has 0 N–H and O–H groups in total. The van der Waals surface area contributed by atoms with Gasteiger partial charge in [0, 0.05) is 55.5 Å². The van der Waals surface area contributed by atoms with E-state index in [0.717, 1.165) is 18.5 Å². The van der Waals surface area contributed by atoms with Crippen LogP contribution in [0.3, 0.4) is 0 Å². The molecule has 1 saturated heterocycles. The van der Waals surface area contributed by atoms with Crippen molar-refractivity contribution in [3.63, 3.8) is 0 Å². The minimum Gasteiger partial charge on any atom is -0.477 e. The topological polar surface area (TPSA) is 64.5 Å². The van der Waals surface area contributed by atoms with Crippen molar-refractivity contribution in [2.45, 2.75) is 38.7 Å². The summed E-state index contributed by atoms with van der Waals surface area (Å²) >= 11 is 0. The van der Waals surface area contributed by atoms with Crippen LogP contribution in [0.4, 0.5) is 0 Å². The average molecular weight is 367 g/mol. The van der Waals surface area contributed by atoms with Crippen LogP contribution in [-0.4, -0.2) is 46.6 Å². The molecule has 2 aromatic heterocycles. The second-order valence-corrected chi connectivity index (χ2v) is 7.36. The first-order valence-electron chi connectivity index (χ1n) is 9.66. The molecule has 0 spiro atoms. The molecule has 27 heavy (non-hydrogen) atoms. The zero-order valence-electron chi connectivity index (χ0n) is 15.6. The molecule has 2 fully saturated rings. The summed E-state index contributed by atoms with van der Waals surface area (Å²) in [7, 11) is 0. The molecule has 2 aromatic rings. The highest BCUT2D eigenvalue weighted by Crippen LogP contribution is 2.29. The Morgan fingerprint density at radius 3 is 2.70 bits per heavy atom. The Hall–Kier alpha value is -2.63. The first kappa shape index (κ1) is 17.8. The lowest BCUT2D eigenvalue weighted by Gasteiger charge is -2.32. The van der Waals surface area contributed by atoms with Gasteiger partial charge in [0.2, 0.25) is 11.8 Å². The normalized spacial score (nSPS) is 17.6. The Balaban J connectivity index is 1.31. The molecule has 0 aromatic carbocycles. The number of likely N-dealkylation sites (tertiary alicyclic amines) is 1. The number of rotatable bonds is 6. The molecular weight excluding hydrogens is 342 g/mol. The Morgan fingerprint density at radius 2 is 1.96 bits per heavy atom. The fraction of sp³-hybridized carbons (Fsp3) is 0.476. The summed E-state index contributed by atoms with van der Waals surface area (Å²) in [5, 5.41) is 0. The molecule has 1 aliphatic carbocycles. The van der Waals surface area contributed by atoms with E-state index in [0.29, 0.717) is 42.9 Å². The predicted octanol–water partition coefficient (Wildman–Crippen LogP) is 3.26. The predicted molar refractivity (Wildman–Crippen MR) is 101 cm³/mol. The van der Waals surface area contributed by atoms with Crippen LogP contribution in [0, 0.1) is 12.8 Å². The Bertz CT molecular complexity index is 799. The van der Waals surface area contributed by atoms with Crippen molar-refractivity contribution in [2.75, 3.05) is 19.7 Å². The van der Waals surface area contributed by atoms with Gasteiger partial charge in [-0.2, -0.15) is 0 Å². The fourth-order valence-corrected chi connectivity index (χ4v) is 3.22. The van der Waals surface area contributed by atoms with E-state index in [-0.39, 0.29) is 12.0 Å². The van der Waals surface area contributed by atoms with Crippen LogP contribution in [0.15, 0.2) is 36.5 Å². The van der Waals surface area contributed by atoms with Crippen molar-refractivity contribution in [1.29, 1.82) is 0 Å². The van der Waals surface area contributed by atoms with Gasteiger partial charge in [-0.1, -0.05) is 6.07 Å². The maximum Gasteiger partial charge on any atom is 0.254 e. The lowest BCUT2D eigenvalue weighted by molar-refractivity contribution is 0.0587. The molecule has 4 rings (SSSR count). The first-order valence-corrected chi connectivity index (χ1v) is 9.66. The van der Waals surface area contributed by atoms with Gasteiger partial charge in [0.25, 0.3) is 5.91 Å². The quantitative estimate of drug-likeness (QED) is 0.784. The van der Waals surface area contributed by atoms with Crippen LogP contribution in [0.2, 0.25) is 0 Å². The highest BCUT2D eigenvalue weighted by atomic mass is 16.5. The second-order valence-electron chi connectivity index (χ2n) is 7.36. The number of carbonyl (C=O) groups excluding carboxylic acids is 1. The van der Waals surface area contributed by atoms with E-state index in [1.807, 2.05) is 30.0 Å². The van der Waals surface area contributed by atoms with Gasteiger partial charge in [-0.05, 0) is 37.8 Å². The van der Waals surface area contributed by atoms with Crippen molar-refractivity contribution >= 4 is 5.91 Å². The molecule has 1 amide bonds. The zero-order valence-corrected chi connectivity index (χ0v) is 15.6. The standard InChI is InChI=1S/C21H25N3O3/c1-15-3-2-4-19(23-15)27-18-8-11-24(12-9-18)21(25)17-7-10-22-20(13-17)26-14-16-5-6-16/h2-4,7,10,13,16,18H,5-6,8-9,11-12,14H2,1H3. The van der Waals surface area contributed by atoms with E-state index in [4.69, 9.17) is 9.47 Å². The van der Waals surface area contributed by atoms with E-state index in [1.54, 1.807) is 18.3 Å². The number of carbonyl (C=O) groups is 1. The minimum absolute atomic E-state index is 0.0285. The van der Waals surface area contributed by atoms with Gasteiger partial charge in [-0.15, -0.1) is 0 Å². The van der Waals surface area contributed by atoms with Crippen LogP contribution in [-0.2, 0) is 0 Å². The van der Waals surface area contributed by atoms with Crippen LogP contribution < -0.4 is 9.47 Å². The number of amides is 1. The molecule has 0 radical (unpaired) electrons. The highest BCUT2D eigenvalue weighted by Gasteiger charge is 2.26. The largest absolute Gasteiger partial charge is 0.477 e. The van der Waals surface area contributed by atoms with Crippen LogP contribution in [0.5, 0.6) is 11.8 Å². The maximum absolute atomic E-state index is 12.8. The number of piperidine rings is 1. The third-order valence-electron chi connectivity index (χ3n) is 5.03. The lowest BCUT2D eigenvalue weighted by atomic mass is 10.1. The smallest absolute Gasteiger partial charge is 0.254 e. The van der Waals surface area contributed by atoms with E-state index in [1.165, 1.54) is 12.8 Å². The minimum atomic E-state index is 0.0285. The van der Waals surface area contributed by atoms with Crippen LogP contribution in [0.1, 0.15) is 41.7 Å². The number of hydrogen-bond donors (Lipinski definition) is 0. The van der Waals surface area contributed by atoms with Gasteiger partial charge in [0.05, 0.1) is 6.61 Å². The SMILES string of the molecule is Cc1cccc(OC2CCN(C(=O)c3ccnc(OCC4CC4)c3)CC2)n1. The van der Waals surface area contributed by atoms with Crippen molar-refractivity contribution in [1.82, 2.24) is 14.9 Å². The number of ether oxygens (including phenoxy) is 2. The summed E-state index contributed by atoms with van der Waals surface area (Å²) in [5.41, 5.74) is 1.58. The second kappa shape index (κ2) is 7.94. The molecule has 6 heteroatoms. The fourth-order valence-electron chi connectivity index (χ4n) is 3.22. The maximum atomic E-state index is 12.8. The van der Waals surface area contributed by atoms with Crippen molar-refractivity contribution in [3.05, 3.63) is 47.8 Å². The number of aryl methyl sites for hydroxylation is 1. The van der Waals surface area contributed by atoms with Crippen molar-refractivity contribution < 1.29 is 14.3 Å². The van der Waals surface area contributed by atoms with E-state index < -0.39 is 0 Å². The summed E-state index contributed by atoms with van der Waals surface area (Å²) in [6.07, 6.45) is 5.81. The molecule has 1 saturated carbocycles. The Kier molecular flexibility index (Phi) is 5.23. The summed E-state index contributed by atoms with van der Waals surface area (Å²) < 4.78 is 11.7. The molecule has 0 unspecified atom stereocenters. The van der Waals surface area contributed by atoms with Crippen LogP contribution in [0.25, 0.3) is 0 Å². The third kappa shape index (κ3) is 4.76. The number of hydrogen-bond acceptors (Lipinski definition) is 5. The highest BCUT2D eigenvalue weighted by molar-refractivity contribution is 5.94. The van der Waals surface area contributed by atoms with Crippen molar-refractivity contribution in [2.24, 2.45) is 5.92 Å². The van der Waals surface area contributed by atoms with Gasteiger partial charge in [-0.3, -0.25) is 4.79 Å². The van der Waals surface area contributed by atoms with Crippen molar-refractivity contribution in [3.8, 4) is 11.8 Å². The summed E-state index contributed by atoms with van der Waals surface area (Å²) in [6.45, 7) is 4.00. The summed E-state index contributed by atoms with van der Waals surface area (Å²) in [5.74, 6) is 1.89. The molecule has 1 aliphatic heterocycles. The Morgan fingerprint density at radius 1 is 1.15 bits per heavy atom. The number of aromatic nitrogens is 2. The molecular formula is C21H25N3O3. The number of nitrogens with zero attached hydrogens (tertiary/aromatic N) is 3. The molecule has 142 valence electrons. The third-order valence-corrected chi connectivity index (χ3v) is 5.03. The van der Waals surface area contributed by atoms with Gasteiger partial charge in [0.1, 0.15) is 6.10 Å². The monoisotopic (exact) mass is 367 g/mol. The average Bonchev–Trinajstić information content (AvgIpc) is 3.51. The van der Waals surface area contributed by atoms with Gasteiger partial charge < -0.3 is 14.4 Å². The first-order chi connectivity index (χ1) is 13.2. The van der Waals surface area contributed by atoms with Gasteiger partial charge in [-0.25, -0.2) is 9.97 Å². The molecule has 3 heterocycles. The number of pyridine rings is 2. The van der Waals surface area contributed by atoms with E-state index in [2.05, 4.69) is 9.97 Å². The lowest BCUT2D eigenvalue weighted by Crippen LogP contribution is -2.41. The Labute approximate surface area is 159 Å². The summed E-state index contributed by atoms with van der Waals surface area (Å²) in [6, 6.07) is 9.29. The van der Waals surface area contributed by atoms with Gasteiger partial charge >= 0.3 is 0 Å². The molecule has 2 aliphatic rings. The molecule has 0 bridgehead atoms. The van der Waals surface area contributed by atoms with Gasteiger partial charge in [0.15, 0.2) is 0 Å². The van der Waals surface area contributed by atoms with Crippen LogP contribution >= 0.6 is 0 Å². The van der Waals surface area contributed by atoms with E-state index >= 15 is 0 Å².